The van der Waals surface area contributed by atoms with Gasteiger partial charge in [-0.2, -0.15) is 0 Å². The Balaban J connectivity index is 2.47. The van der Waals surface area contributed by atoms with Gasteiger partial charge in [-0.25, -0.2) is 0 Å². The van der Waals surface area contributed by atoms with Crippen LogP contribution in [0.4, 0.5) is 0 Å². The number of hydrogen-bond acceptors (Lipinski definition) is 4. The Kier molecular flexibility index (Phi) is 4.48. The molecule has 0 aromatic rings. The molecular weight excluding hydrogens is 222 g/mol. The number of esters is 1. The molecule has 2 unspecified atom stereocenters. The molecule has 0 heterocycles. The van der Waals surface area contributed by atoms with Crippen molar-refractivity contribution >= 4 is 5.97 Å². The first-order valence-corrected chi connectivity index (χ1v) is 6.18. The van der Waals surface area contributed by atoms with Gasteiger partial charge in [0.2, 0.25) is 5.54 Å². The van der Waals surface area contributed by atoms with Gasteiger partial charge < -0.3 is 4.74 Å². The third-order valence-corrected chi connectivity index (χ3v) is 3.77. The molecule has 1 aliphatic rings. The van der Waals surface area contributed by atoms with Gasteiger partial charge in [0.15, 0.2) is 0 Å². The van der Waals surface area contributed by atoms with Gasteiger partial charge in [-0.05, 0) is 32.1 Å². The fourth-order valence-electron chi connectivity index (χ4n) is 2.51. The lowest BCUT2D eigenvalue weighted by atomic mass is 9.86. The highest BCUT2D eigenvalue weighted by Crippen LogP contribution is 2.40. The van der Waals surface area contributed by atoms with E-state index in [0.29, 0.717) is 13.0 Å². The lowest BCUT2D eigenvalue weighted by Gasteiger charge is -2.22. The van der Waals surface area contributed by atoms with Gasteiger partial charge in [-0.3, -0.25) is 14.9 Å². The Morgan fingerprint density at radius 1 is 1.47 bits per heavy atom. The SMILES string of the molecule is CCOC(=O)CC1CCC(C(C)(C)[N+](=O)[O-])C1. The lowest BCUT2D eigenvalue weighted by molar-refractivity contribution is -0.571. The number of carbonyl (C=O) groups is 1. The zero-order valence-corrected chi connectivity index (χ0v) is 10.8. The molecule has 98 valence electrons. The van der Waals surface area contributed by atoms with Crippen LogP contribution in [0.1, 0.15) is 46.5 Å². The van der Waals surface area contributed by atoms with E-state index in [4.69, 9.17) is 4.74 Å². The Morgan fingerprint density at radius 3 is 2.65 bits per heavy atom. The van der Waals surface area contributed by atoms with E-state index in [9.17, 15) is 14.9 Å². The zero-order valence-electron chi connectivity index (χ0n) is 10.8. The number of ether oxygens (including phenoxy) is 1. The van der Waals surface area contributed by atoms with Crippen molar-refractivity contribution in [1.29, 1.82) is 0 Å². The first-order chi connectivity index (χ1) is 7.87. The van der Waals surface area contributed by atoms with E-state index in [1.807, 2.05) is 0 Å². The van der Waals surface area contributed by atoms with Crippen molar-refractivity contribution < 1.29 is 14.5 Å². The van der Waals surface area contributed by atoms with Gasteiger partial charge >= 0.3 is 5.97 Å². The molecule has 0 aromatic carbocycles. The summed E-state index contributed by atoms with van der Waals surface area (Å²) in [6.45, 7) is 5.52. The number of hydrogen-bond donors (Lipinski definition) is 0. The Hall–Kier alpha value is -1.13. The molecule has 1 aliphatic carbocycles. The highest BCUT2D eigenvalue weighted by Gasteiger charge is 2.44. The molecular formula is C12H21NO4. The van der Waals surface area contributed by atoms with Gasteiger partial charge in [0.05, 0.1) is 6.61 Å². The summed E-state index contributed by atoms with van der Waals surface area (Å²) in [5.41, 5.74) is -0.886. The summed E-state index contributed by atoms with van der Waals surface area (Å²) in [4.78, 5) is 22.1. The second-order valence-corrected chi connectivity index (χ2v) is 5.30. The maximum absolute atomic E-state index is 11.3. The van der Waals surface area contributed by atoms with Crippen LogP contribution in [0, 0.1) is 22.0 Å². The molecule has 0 aliphatic heterocycles. The molecule has 0 aromatic heterocycles. The molecule has 5 nitrogen and oxygen atoms in total. The summed E-state index contributed by atoms with van der Waals surface area (Å²) < 4.78 is 4.90. The van der Waals surface area contributed by atoms with Crippen LogP contribution in [0.3, 0.4) is 0 Å². The van der Waals surface area contributed by atoms with Gasteiger partial charge in [0, 0.05) is 31.1 Å². The van der Waals surface area contributed by atoms with E-state index in [0.717, 1.165) is 19.3 Å². The van der Waals surface area contributed by atoms with E-state index in [1.54, 1.807) is 20.8 Å². The van der Waals surface area contributed by atoms with E-state index in [1.165, 1.54) is 0 Å². The molecule has 5 heteroatoms. The first-order valence-electron chi connectivity index (χ1n) is 6.18. The van der Waals surface area contributed by atoms with E-state index in [2.05, 4.69) is 0 Å². The van der Waals surface area contributed by atoms with Crippen molar-refractivity contribution in [3.05, 3.63) is 10.1 Å². The van der Waals surface area contributed by atoms with Crippen molar-refractivity contribution in [2.24, 2.45) is 11.8 Å². The maximum Gasteiger partial charge on any atom is 0.306 e. The molecule has 0 saturated heterocycles. The van der Waals surface area contributed by atoms with E-state index < -0.39 is 5.54 Å². The lowest BCUT2D eigenvalue weighted by Crippen LogP contribution is -2.38. The minimum Gasteiger partial charge on any atom is -0.466 e. The van der Waals surface area contributed by atoms with Crippen LogP contribution in [0.5, 0.6) is 0 Å². The average molecular weight is 243 g/mol. The quantitative estimate of drug-likeness (QED) is 0.422. The van der Waals surface area contributed by atoms with Crippen LogP contribution in [-0.4, -0.2) is 23.0 Å². The molecule has 0 radical (unpaired) electrons. The fourth-order valence-corrected chi connectivity index (χ4v) is 2.51. The normalized spacial score (nSPS) is 24.6. The number of rotatable bonds is 5. The van der Waals surface area contributed by atoms with Crippen molar-refractivity contribution in [2.75, 3.05) is 6.61 Å². The summed E-state index contributed by atoms with van der Waals surface area (Å²) in [7, 11) is 0. The summed E-state index contributed by atoms with van der Waals surface area (Å²) >= 11 is 0. The second kappa shape index (κ2) is 5.47. The van der Waals surface area contributed by atoms with Crippen LogP contribution in [-0.2, 0) is 9.53 Å². The molecule has 17 heavy (non-hydrogen) atoms. The fraction of sp³-hybridized carbons (Fsp3) is 0.917. The number of nitro groups is 1. The van der Waals surface area contributed by atoms with Crippen molar-refractivity contribution in [3.8, 4) is 0 Å². The summed E-state index contributed by atoms with van der Waals surface area (Å²) in [5, 5.41) is 11.0. The van der Waals surface area contributed by atoms with Crippen LogP contribution in [0.15, 0.2) is 0 Å². The first kappa shape index (κ1) is 13.9. The summed E-state index contributed by atoms with van der Waals surface area (Å²) in [6.07, 6.45) is 2.88. The van der Waals surface area contributed by atoms with Gasteiger partial charge in [0.1, 0.15) is 0 Å². The smallest absolute Gasteiger partial charge is 0.306 e. The molecule has 0 amide bonds. The molecule has 0 N–H and O–H groups in total. The summed E-state index contributed by atoms with van der Waals surface area (Å²) in [6, 6.07) is 0. The monoisotopic (exact) mass is 243 g/mol. The molecule has 1 saturated carbocycles. The van der Waals surface area contributed by atoms with Crippen molar-refractivity contribution in [2.45, 2.75) is 52.0 Å². The minimum atomic E-state index is -0.886. The molecule has 2 atom stereocenters. The predicted molar refractivity (Wildman–Crippen MR) is 63.2 cm³/mol. The average Bonchev–Trinajstić information content (AvgIpc) is 2.66. The van der Waals surface area contributed by atoms with Crippen LogP contribution < -0.4 is 0 Å². The standard InChI is InChI=1S/C12H21NO4/c1-4-17-11(14)8-9-5-6-10(7-9)12(2,3)13(15)16/h9-10H,4-8H2,1-3H3. The Morgan fingerprint density at radius 2 is 2.12 bits per heavy atom. The van der Waals surface area contributed by atoms with Gasteiger partial charge in [-0.15, -0.1) is 0 Å². The molecule has 0 spiro atoms. The molecule has 1 fully saturated rings. The Bertz CT molecular complexity index is 301. The highest BCUT2D eigenvalue weighted by atomic mass is 16.6. The van der Waals surface area contributed by atoms with Crippen LogP contribution in [0.25, 0.3) is 0 Å². The predicted octanol–water partition coefficient (Wildman–Crippen LogP) is 2.41. The largest absolute Gasteiger partial charge is 0.466 e. The van der Waals surface area contributed by atoms with Crippen molar-refractivity contribution in [3.63, 3.8) is 0 Å². The zero-order chi connectivity index (χ0) is 13.1. The van der Waals surface area contributed by atoms with E-state index >= 15 is 0 Å². The second-order valence-electron chi connectivity index (χ2n) is 5.30. The van der Waals surface area contributed by atoms with Gasteiger partial charge in [0.25, 0.3) is 0 Å². The molecule has 1 rings (SSSR count). The number of nitrogens with zero attached hydrogens (tertiary/aromatic N) is 1. The highest BCUT2D eigenvalue weighted by molar-refractivity contribution is 5.69. The van der Waals surface area contributed by atoms with Crippen LogP contribution in [0.2, 0.25) is 0 Å². The third kappa shape index (κ3) is 3.41. The van der Waals surface area contributed by atoms with Gasteiger partial charge in [-0.1, -0.05) is 0 Å². The minimum absolute atomic E-state index is 0.0666. The third-order valence-electron chi connectivity index (χ3n) is 3.77. The maximum atomic E-state index is 11.3. The van der Waals surface area contributed by atoms with Crippen LogP contribution >= 0.6 is 0 Å². The Labute approximate surface area is 102 Å². The van der Waals surface area contributed by atoms with Crippen molar-refractivity contribution in [1.82, 2.24) is 0 Å². The topological polar surface area (TPSA) is 69.4 Å². The number of carbonyl (C=O) groups excluding carboxylic acids is 1. The van der Waals surface area contributed by atoms with E-state index in [-0.39, 0.29) is 22.7 Å². The summed E-state index contributed by atoms with van der Waals surface area (Å²) in [5.74, 6) is 0.132. The molecule has 0 bridgehead atoms.